The third-order valence-corrected chi connectivity index (χ3v) is 2.24. The number of amides is 1. The zero-order valence-electron chi connectivity index (χ0n) is 9.23. The monoisotopic (exact) mass is 205 g/mol. The SMILES string of the molecule is CC(C)C(=O)N(C)c1ccc(C=O)cc1. The summed E-state index contributed by atoms with van der Waals surface area (Å²) in [6.45, 7) is 3.72. The molecule has 0 bridgehead atoms. The summed E-state index contributed by atoms with van der Waals surface area (Å²) in [5.74, 6) is 0.0367. The van der Waals surface area contributed by atoms with Crippen molar-refractivity contribution in [2.24, 2.45) is 5.92 Å². The van der Waals surface area contributed by atoms with Crippen LogP contribution in [0.4, 0.5) is 5.69 Å². The molecule has 1 aromatic carbocycles. The van der Waals surface area contributed by atoms with E-state index in [0.29, 0.717) is 5.56 Å². The van der Waals surface area contributed by atoms with Crippen molar-refractivity contribution in [3.8, 4) is 0 Å². The molecule has 15 heavy (non-hydrogen) atoms. The van der Waals surface area contributed by atoms with E-state index in [9.17, 15) is 9.59 Å². The molecule has 0 heterocycles. The maximum Gasteiger partial charge on any atom is 0.229 e. The highest BCUT2D eigenvalue weighted by atomic mass is 16.2. The van der Waals surface area contributed by atoms with Crippen molar-refractivity contribution in [1.29, 1.82) is 0 Å². The number of aldehydes is 1. The van der Waals surface area contributed by atoms with Crippen LogP contribution in [0.3, 0.4) is 0 Å². The minimum absolute atomic E-state index is 0.0271. The fourth-order valence-electron chi connectivity index (χ4n) is 1.29. The highest BCUT2D eigenvalue weighted by molar-refractivity contribution is 5.94. The van der Waals surface area contributed by atoms with Gasteiger partial charge in [-0.1, -0.05) is 13.8 Å². The minimum Gasteiger partial charge on any atom is -0.315 e. The van der Waals surface area contributed by atoms with Crippen LogP contribution in [0.1, 0.15) is 24.2 Å². The van der Waals surface area contributed by atoms with Gasteiger partial charge in [0.05, 0.1) is 0 Å². The van der Waals surface area contributed by atoms with Crippen LogP contribution in [0.5, 0.6) is 0 Å². The Morgan fingerprint density at radius 2 is 1.80 bits per heavy atom. The fourth-order valence-corrected chi connectivity index (χ4v) is 1.29. The molecule has 0 spiro atoms. The van der Waals surface area contributed by atoms with Gasteiger partial charge in [0.1, 0.15) is 6.29 Å². The van der Waals surface area contributed by atoms with Crippen LogP contribution in [0.15, 0.2) is 24.3 Å². The maximum atomic E-state index is 11.7. The summed E-state index contributed by atoms with van der Waals surface area (Å²) in [6, 6.07) is 6.94. The van der Waals surface area contributed by atoms with Crippen molar-refractivity contribution >= 4 is 17.9 Å². The average molecular weight is 205 g/mol. The normalized spacial score (nSPS) is 10.1. The molecule has 0 saturated heterocycles. The van der Waals surface area contributed by atoms with E-state index >= 15 is 0 Å². The van der Waals surface area contributed by atoms with Gasteiger partial charge in [0.15, 0.2) is 0 Å². The Bertz CT molecular complexity index is 354. The van der Waals surface area contributed by atoms with Gasteiger partial charge < -0.3 is 4.90 Å². The quantitative estimate of drug-likeness (QED) is 0.709. The second kappa shape index (κ2) is 4.73. The molecule has 0 saturated carbocycles. The molecule has 0 radical (unpaired) electrons. The molecular weight excluding hydrogens is 190 g/mol. The third-order valence-electron chi connectivity index (χ3n) is 2.24. The van der Waals surface area contributed by atoms with Crippen molar-refractivity contribution in [3.63, 3.8) is 0 Å². The lowest BCUT2D eigenvalue weighted by Crippen LogP contribution is -2.30. The molecule has 1 amide bonds. The Balaban J connectivity index is 2.87. The van der Waals surface area contributed by atoms with E-state index in [1.54, 1.807) is 36.2 Å². The van der Waals surface area contributed by atoms with Gasteiger partial charge >= 0.3 is 0 Å². The van der Waals surface area contributed by atoms with Gasteiger partial charge in [0.25, 0.3) is 0 Å². The number of hydrogen-bond donors (Lipinski definition) is 0. The van der Waals surface area contributed by atoms with Crippen molar-refractivity contribution in [2.45, 2.75) is 13.8 Å². The van der Waals surface area contributed by atoms with Crippen LogP contribution in [-0.4, -0.2) is 19.2 Å². The second-order valence-electron chi connectivity index (χ2n) is 3.76. The predicted molar refractivity (Wildman–Crippen MR) is 60.1 cm³/mol. The van der Waals surface area contributed by atoms with Gasteiger partial charge in [-0.05, 0) is 24.3 Å². The first-order valence-corrected chi connectivity index (χ1v) is 4.89. The largest absolute Gasteiger partial charge is 0.315 e. The van der Waals surface area contributed by atoms with Crippen LogP contribution >= 0.6 is 0 Å². The molecule has 0 aromatic heterocycles. The summed E-state index contributed by atoms with van der Waals surface area (Å²) >= 11 is 0. The number of hydrogen-bond acceptors (Lipinski definition) is 2. The van der Waals surface area contributed by atoms with Gasteiger partial charge in [-0.25, -0.2) is 0 Å². The first-order valence-electron chi connectivity index (χ1n) is 4.89. The van der Waals surface area contributed by atoms with Crippen molar-refractivity contribution < 1.29 is 9.59 Å². The highest BCUT2D eigenvalue weighted by Crippen LogP contribution is 2.15. The smallest absolute Gasteiger partial charge is 0.229 e. The molecule has 3 heteroatoms. The van der Waals surface area contributed by atoms with Crippen LogP contribution in [-0.2, 0) is 4.79 Å². The number of benzene rings is 1. The Hall–Kier alpha value is -1.64. The average Bonchev–Trinajstić information content (AvgIpc) is 2.27. The molecule has 0 unspecified atom stereocenters. The Morgan fingerprint density at radius 1 is 1.27 bits per heavy atom. The Morgan fingerprint density at radius 3 is 2.20 bits per heavy atom. The summed E-state index contributed by atoms with van der Waals surface area (Å²) < 4.78 is 0. The molecule has 0 atom stereocenters. The lowest BCUT2D eigenvalue weighted by atomic mass is 10.1. The lowest BCUT2D eigenvalue weighted by molar-refractivity contribution is -0.121. The van der Waals surface area contributed by atoms with E-state index in [0.717, 1.165) is 12.0 Å². The Kier molecular flexibility index (Phi) is 3.61. The van der Waals surface area contributed by atoms with E-state index in [-0.39, 0.29) is 11.8 Å². The molecule has 3 nitrogen and oxygen atoms in total. The standard InChI is InChI=1S/C12H15NO2/c1-9(2)12(15)13(3)11-6-4-10(8-14)5-7-11/h4-9H,1-3H3. The number of rotatable bonds is 3. The van der Waals surface area contributed by atoms with Gasteiger partial charge in [0.2, 0.25) is 5.91 Å². The topological polar surface area (TPSA) is 37.4 Å². The molecule has 0 aliphatic carbocycles. The van der Waals surface area contributed by atoms with Crippen molar-refractivity contribution in [2.75, 3.05) is 11.9 Å². The summed E-state index contributed by atoms with van der Waals surface area (Å²) in [4.78, 5) is 23.7. The van der Waals surface area contributed by atoms with Gasteiger partial charge in [-0.15, -0.1) is 0 Å². The van der Waals surface area contributed by atoms with E-state index in [4.69, 9.17) is 0 Å². The second-order valence-corrected chi connectivity index (χ2v) is 3.76. The van der Waals surface area contributed by atoms with Crippen LogP contribution < -0.4 is 4.90 Å². The number of carbonyl (C=O) groups excluding carboxylic acids is 2. The molecule has 0 fully saturated rings. The molecule has 0 N–H and O–H groups in total. The minimum atomic E-state index is -0.0271. The van der Waals surface area contributed by atoms with E-state index in [2.05, 4.69) is 0 Å². The van der Waals surface area contributed by atoms with Crippen molar-refractivity contribution in [3.05, 3.63) is 29.8 Å². The molecule has 0 aliphatic heterocycles. The van der Waals surface area contributed by atoms with E-state index in [1.165, 1.54) is 0 Å². The third kappa shape index (κ3) is 2.65. The summed E-state index contributed by atoms with van der Waals surface area (Å²) in [6.07, 6.45) is 0.786. The summed E-state index contributed by atoms with van der Waals surface area (Å²) in [5.41, 5.74) is 1.42. The Labute approximate surface area is 89.7 Å². The number of anilines is 1. The lowest BCUT2D eigenvalue weighted by Gasteiger charge is -2.19. The first kappa shape index (κ1) is 11.4. The van der Waals surface area contributed by atoms with Gasteiger partial charge in [-0.3, -0.25) is 9.59 Å². The van der Waals surface area contributed by atoms with Gasteiger partial charge in [-0.2, -0.15) is 0 Å². The highest BCUT2D eigenvalue weighted by Gasteiger charge is 2.13. The van der Waals surface area contributed by atoms with Crippen LogP contribution in [0.25, 0.3) is 0 Å². The molecule has 0 aliphatic rings. The first-order chi connectivity index (χ1) is 7.06. The summed E-state index contributed by atoms with van der Waals surface area (Å²) in [5, 5.41) is 0. The van der Waals surface area contributed by atoms with Crippen LogP contribution in [0.2, 0.25) is 0 Å². The zero-order chi connectivity index (χ0) is 11.4. The van der Waals surface area contributed by atoms with Crippen LogP contribution in [0, 0.1) is 5.92 Å². The fraction of sp³-hybridized carbons (Fsp3) is 0.333. The molecule has 1 aromatic rings. The maximum absolute atomic E-state index is 11.7. The predicted octanol–water partition coefficient (Wildman–Crippen LogP) is 2.12. The van der Waals surface area contributed by atoms with Gasteiger partial charge in [0, 0.05) is 24.2 Å². The zero-order valence-corrected chi connectivity index (χ0v) is 9.23. The molecule has 80 valence electrons. The number of carbonyl (C=O) groups is 2. The summed E-state index contributed by atoms with van der Waals surface area (Å²) in [7, 11) is 1.73. The number of nitrogens with zero attached hydrogens (tertiary/aromatic N) is 1. The molecular formula is C12H15NO2. The van der Waals surface area contributed by atoms with E-state index in [1.807, 2.05) is 13.8 Å². The van der Waals surface area contributed by atoms with Crippen molar-refractivity contribution in [1.82, 2.24) is 0 Å². The van der Waals surface area contributed by atoms with E-state index < -0.39 is 0 Å². The molecule has 1 rings (SSSR count).